The van der Waals surface area contributed by atoms with Crippen LogP contribution in [0.4, 0.5) is 5.69 Å². The highest BCUT2D eigenvalue weighted by molar-refractivity contribution is 5.49. The van der Waals surface area contributed by atoms with Crippen molar-refractivity contribution in [3.05, 3.63) is 24.3 Å². The first-order valence-electron chi connectivity index (χ1n) is 11.1. The van der Waals surface area contributed by atoms with Gasteiger partial charge in [0.05, 0.1) is 18.3 Å². The molecule has 0 spiro atoms. The van der Waals surface area contributed by atoms with Crippen molar-refractivity contribution in [3.8, 4) is 5.75 Å². The first-order valence-corrected chi connectivity index (χ1v) is 11.1. The number of hydrogen-bond donors (Lipinski definition) is 3. The summed E-state index contributed by atoms with van der Waals surface area (Å²) in [5, 5.41) is 30.9. The van der Waals surface area contributed by atoms with Gasteiger partial charge in [-0.2, -0.15) is 0 Å². The van der Waals surface area contributed by atoms with Crippen LogP contribution in [0, 0.1) is 17.8 Å². The minimum Gasteiger partial charge on any atom is -0.491 e. The van der Waals surface area contributed by atoms with Crippen LogP contribution in [-0.4, -0.2) is 53.3 Å². The van der Waals surface area contributed by atoms with E-state index in [2.05, 4.69) is 46.4 Å². The minimum absolute atomic E-state index is 0.279. The van der Waals surface area contributed by atoms with Gasteiger partial charge in [0.15, 0.2) is 0 Å². The molecule has 1 aromatic rings. The molecular formula is C24H43NO4. The zero-order chi connectivity index (χ0) is 22.0. The average molecular weight is 410 g/mol. The molecule has 1 aromatic carbocycles. The Labute approximate surface area is 177 Å². The van der Waals surface area contributed by atoms with Crippen molar-refractivity contribution in [3.63, 3.8) is 0 Å². The molecule has 0 radical (unpaired) electrons. The summed E-state index contributed by atoms with van der Waals surface area (Å²) in [5.74, 6) is 1.97. The lowest BCUT2D eigenvalue weighted by molar-refractivity contribution is 0.0892. The standard InChI is InChI=1S/C24H43NO4/c1-17(2)11-21(26)14-25(15-22(27)12-18(3)4)20-7-9-24(10-8-20)29-16-23(28)13-19(5)6/h7-10,17-19,21-23,26-28H,11-16H2,1-6H3. The molecule has 0 aliphatic heterocycles. The first-order chi connectivity index (χ1) is 13.6. The average Bonchev–Trinajstić information content (AvgIpc) is 2.58. The Morgan fingerprint density at radius 2 is 1.10 bits per heavy atom. The predicted octanol–water partition coefficient (Wildman–Crippen LogP) is 4.09. The number of benzene rings is 1. The molecule has 0 saturated heterocycles. The van der Waals surface area contributed by atoms with Crippen LogP contribution in [0.15, 0.2) is 24.3 Å². The van der Waals surface area contributed by atoms with Gasteiger partial charge in [-0.25, -0.2) is 0 Å². The molecule has 3 atom stereocenters. The molecule has 0 aliphatic carbocycles. The summed E-state index contributed by atoms with van der Waals surface area (Å²) in [6, 6.07) is 7.67. The van der Waals surface area contributed by atoms with E-state index in [0.29, 0.717) is 43.0 Å². The van der Waals surface area contributed by atoms with Crippen molar-refractivity contribution in [2.24, 2.45) is 17.8 Å². The summed E-state index contributed by atoms with van der Waals surface area (Å²) in [6.07, 6.45) is 0.820. The minimum atomic E-state index is -0.469. The van der Waals surface area contributed by atoms with Crippen molar-refractivity contribution in [2.45, 2.75) is 79.1 Å². The molecule has 5 nitrogen and oxygen atoms in total. The maximum atomic E-state index is 10.4. The summed E-state index contributed by atoms with van der Waals surface area (Å²) in [7, 11) is 0. The van der Waals surface area contributed by atoms with Crippen LogP contribution < -0.4 is 9.64 Å². The van der Waals surface area contributed by atoms with E-state index in [0.717, 1.165) is 18.5 Å². The van der Waals surface area contributed by atoms with Crippen LogP contribution in [0.1, 0.15) is 60.8 Å². The van der Waals surface area contributed by atoms with E-state index >= 15 is 0 Å². The van der Waals surface area contributed by atoms with Crippen molar-refractivity contribution < 1.29 is 20.1 Å². The number of rotatable bonds is 14. The van der Waals surface area contributed by atoms with Crippen molar-refractivity contribution in [1.82, 2.24) is 0 Å². The SMILES string of the molecule is CC(C)CC(O)COc1ccc(N(CC(O)CC(C)C)CC(O)CC(C)C)cc1. The van der Waals surface area contributed by atoms with Gasteiger partial charge in [0, 0.05) is 18.8 Å². The van der Waals surface area contributed by atoms with Crippen molar-refractivity contribution in [1.29, 1.82) is 0 Å². The second-order valence-electron chi connectivity index (χ2n) is 9.56. The van der Waals surface area contributed by atoms with Crippen molar-refractivity contribution >= 4 is 5.69 Å². The quantitative estimate of drug-likeness (QED) is 0.432. The molecule has 1 rings (SSSR count). The highest BCUT2D eigenvalue weighted by Crippen LogP contribution is 2.22. The molecular weight excluding hydrogens is 366 g/mol. The van der Waals surface area contributed by atoms with Crippen LogP contribution >= 0.6 is 0 Å². The second kappa shape index (κ2) is 13.1. The summed E-state index contributed by atoms with van der Waals surface area (Å²) in [4.78, 5) is 2.05. The second-order valence-corrected chi connectivity index (χ2v) is 9.56. The van der Waals surface area contributed by atoms with E-state index in [1.807, 2.05) is 24.3 Å². The monoisotopic (exact) mass is 409 g/mol. The molecule has 29 heavy (non-hydrogen) atoms. The predicted molar refractivity (Wildman–Crippen MR) is 121 cm³/mol. The number of hydrogen-bond acceptors (Lipinski definition) is 5. The molecule has 0 fully saturated rings. The zero-order valence-electron chi connectivity index (χ0n) is 19.2. The number of ether oxygens (including phenoxy) is 1. The third-order valence-electron chi connectivity index (χ3n) is 4.74. The van der Waals surface area contributed by atoms with Gasteiger partial charge in [-0.1, -0.05) is 41.5 Å². The van der Waals surface area contributed by atoms with Gasteiger partial charge in [-0.3, -0.25) is 0 Å². The Bertz CT molecular complexity index is 526. The Hall–Kier alpha value is -1.30. The smallest absolute Gasteiger partial charge is 0.119 e. The number of aliphatic hydroxyl groups excluding tert-OH is 3. The fourth-order valence-corrected chi connectivity index (χ4v) is 3.59. The van der Waals surface area contributed by atoms with Gasteiger partial charge >= 0.3 is 0 Å². The fraction of sp³-hybridized carbons (Fsp3) is 0.750. The lowest BCUT2D eigenvalue weighted by atomic mass is 10.0. The van der Waals surface area contributed by atoms with Crippen molar-refractivity contribution in [2.75, 3.05) is 24.6 Å². The van der Waals surface area contributed by atoms with Crippen LogP contribution in [0.3, 0.4) is 0 Å². The molecule has 3 N–H and O–H groups in total. The molecule has 0 aliphatic rings. The maximum absolute atomic E-state index is 10.4. The summed E-state index contributed by atoms with van der Waals surface area (Å²) in [5.41, 5.74) is 0.950. The topological polar surface area (TPSA) is 73.2 Å². The molecule has 0 saturated carbocycles. The zero-order valence-corrected chi connectivity index (χ0v) is 19.2. The highest BCUT2D eigenvalue weighted by atomic mass is 16.5. The molecule has 0 amide bonds. The maximum Gasteiger partial charge on any atom is 0.119 e. The Kier molecular flexibility index (Phi) is 11.6. The largest absolute Gasteiger partial charge is 0.491 e. The molecule has 0 aromatic heterocycles. The molecule has 5 heteroatoms. The van der Waals surface area contributed by atoms with E-state index in [4.69, 9.17) is 4.74 Å². The number of nitrogens with zero attached hydrogens (tertiary/aromatic N) is 1. The van der Waals surface area contributed by atoms with Gasteiger partial charge in [-0.15, -0.1) is 0 Å². The Balaban J connectivity index is 2.77. The number of anilines is 1. The Morgan fingerprint density at radius 3 is 1.52 bits per heavy atom. The first kappa shape index (κ1) is 25.7. The normalized spacial score (nSPS) is 15.0. The summed E-state index contributed by atoms with van der Waals surface area (Å²) < 4.78 is 5.70. The van der Waals surface area contributed by atoms with Crippen LogP contribution in [0.2, 0.25) is 0 Å². The van der Waals surface area contributed by atoms with Crippen LogP contribution in [-0.2, 0) is 0 Å². The van der Waals surface area contributed by atoms with Gasteiger partial charge in [0.2, 0.25) is 0 Å². The highest BCUT2D eigenvalue weighted by Gasteiger charge is 2.18. The van der Waals surface area contributed by atoms with Crippen LogP contribution in [0.5, 0.6) is 5.75 Å². The lowest BCUT2D eigenvalue weighted by Gasteiger charge is -2.30. The third-order valence-corrected chi connectivity index (χ3v) is 4.74. The lowest BCUT2D eigenvalue weighted by Crippen LogP contribution is -2.39. The number of aliphatic hydroxyl groups is 3. The van der Waals surface area contributed by atoms with Gasteiger partial charge in [0.1, 0.15) is 12.4 Å². The van der Waals surface area contributed by atoms with E-state index in [-0.39, 0.29) is 6.61 Å². The third kappa shape index (κ3) is 11.5. The van der Waals surface area contributed by atoms with Gasteiger partial charge < -0.3 is 25.0 Å². The van der Waals surface area contributed by atoms with E-state index in [1.165, 1.54) is 0 Å². The van der Waals surface area contributed by atoms with E-state index in [9.17, 15) is 15.3 Å². The molecule has 168 valence electrons. The molecule has 3 unspecified atom stereocenters. The Morgan fingerprint density at radius 1 is 0.690 bits per heavy atom. The molecule has 0 bridgehead atoms. The van der Waals surface area contributed by atoms with E-state index in [1.54, 1.807) is 0 Å². The summed E-state index contributed by atoms with van der Waals surface area (Å²) in [6.45, 7) is 13.8. The fourth-order valence-electron chi connectivity index (χ4n) is 3.59. The van der Waals surface area contributed by atoms with E-state index < -0.39 is 18.3 Å². The summed E-state index contributed by atoms with van der Waals surface area (Å²) >= 11 is 0. The van der Waals surface area contributed by atoms with Gasteiger partial charge in [-0.05, 0) is 61.3 Å². The van der Waals surface area contributed by atoms with Crippen LogP contribution in [0.25, 0.3) is 0 Å². The van der Waals surface area contributed by atoms with Gasteiger partial charge in [0.25, 0.3) is 0 Å². The molecule has 0 heterocycles.